The molecule has 140 valence electrons. The van der Waals surface area contributed by atoms with Crippen LogP contribution in [0.4, 0.5) is 0 Å². The predicted molar refractivity (Wildman–Crippen MR) is 106 cm³/mol. The van der Waals surface area contributed by atoms with Crippen LogP contribution in [0.15, 0.2) is 29.4 Å². The van der Waals surface area contributed by atoms with Crippen LogP contribution in [0.5, 0.6) is 0 Å². The number of nitrogens with zero attached hydrogens (tertiary/aromatic N) is 2. The second kappa shape index (κ2) is 8.71. The number of nitrogens with one attached hydrogen (secondary N) is 2. The first kappa shape index (κ1) is 19.0. The SMILES string of the molecule is CCc1ccc(-c2nc(S[C@H](C)C(=O)N[C@@H]3CCCC[C@@H]3C)n[nH]2)cc1. The van der Waals surface area contributed by atoms with E-state index in [2.05, 4.69) is 46.5 Å². The van der Waals surface area contributed by atoms with Gasteiger partial charge in [0.1, 0.15) is 0 Å². The van der Waals surface area contributed by atoms with Crippen LogP contribution in [0.25, 0.3) is 11.4 Å². The van der Waals surface area contributed by atoms with Gasteiger partial charge in [-0.25, -0.2) is 4.98 Å². The number of amides is 1. The maximum atomic E-state index is 12.5. The molecule has 1 aromatic heterocycles. The van der Waals surface area contributed by atoms with Gasteiger partial charge in [-0.1, -0.05) is 62.7 Å². The van der Waals surface area contributed by atoms with Crippen molar-refractivity contribution < 1.29 is 4.79 Å². The predicted octanol–water partition coefficient (Wildman–Crippen LogP) is 4.21. The van der Waals surface area contributed by atoms with E-state index >= 15 is 0 Å². The first-order valence-corrected chi connectivity index (χ1v) is 10.4. The van der Waals surface area contributed by atoms with E-state index in [4.69, 9.17) is 0 Å². The first-order chi connectivity index (χ1) is 12.6. The Morgan fingerprint density at radius 3 is 2.73 bits per heavy atom. The molecule has 3 atom stereocenters. The van der Waals surface area contributed by atoms with Gasteiger partial charge >= 0.3 is 0 Å². The van der Waals surface area contributed by atoms with Crippen LogP contribution in [0.2, 0.25) is 0 Å². The van der Waals surface area contributed by atoms with Crippen LogP contribution in [-0.4, -0.2) is 32.4 Å². The molecule has 0 bridgehead atoms. The summed E-state index contributed by atoms with van der Waals surface area (Å²) in [7, 11) is 0. The lowest BCUT2D eigenvalue weighted by Gasteiger charge is -2.30. The average molecular weight is 373 g/mol. The largest absolute Gasteiger partial charge is 0.352 e. The number of carbonyl (C=O) groups excluding carboxylic acids is 1. The highest BCUT2D eigenvalue weighted by Gasteiger charge is 2.25. The lowest BCUT2D eigenvalue weighted by atomic mass is 9.86. The molecule has 1 heterocycles. The van der Waals surface area contributed by atoms with Crippen molar-refractivity contribution in [3.05, 3.63) is 29.8 Å². The molecule has 3 rings (SSSR count). The molecular weight excluding hydrogens is 344 g/mol. The van der Waals surface area contributed by atoms with Gasteiger partial charge in [-0.2, -0.15) is 0 Å². The number of thioether (sulfide) groups is 1. The summed E-state index contributed by atoms with van der Waals surface area (Å²) in [5, 5.41) is 10.9. The number of carbonyl (C=O) groups is 1. The number of hydrogen-bond donors (Lipinski definition) is 2. The fraction of sp³-hybridized carbons (Fsp3) is 0.550. The summed E-state index contributed by atoms with van der Waals surface area (Å²) in [5.74, 6) is 1.38. The highest BCUT2D eigenvalue weighted by molar-refractivity contribution is 8.00. The topological polar surface area (TPSA) is 70.7 Å². The third-order valence-corrected chi connectivity index (χ3v) is 6.15. The molecule has 0 saturated heterocycles. The van der Waals surface area contributed by atoms with Gasteiger partial charge in [-0.15, -0.1) is 5.10 Å². The molecule has 26 heavy (non-hydrogen) atoms. The summed E-state index contributed by atoms with van der Waals surface area (Å²) in [6.45, 7) is 6.28. The molecule has 1 saturated carbocycles. The van der Waals surface area contributed by atoms with Gasteiger partial charge in [0, 0.05) is 11.6 Å². The van der Waals surface area contributed by atoms with Crippen LogP contribution < -0.4 is 5.32 Å². The summed E-state index contributed by atoms with van der Waals surface area (Å²) in [4.78, 5) is 17.0. The summed E-state index contributed by atoms with van der Waals surface area (Å²) in [5.41, 5.74) is 2.31. The molecule has 2 N–H and O–H groups in total. The molecule has 0 radical (unpaired) electrons. The van der Waals surface area contributed by atoms with Crippen molar-refractivity contribution in [1.29, 1.82) is 0 Å². The van der Waals surface area contributed by atoms with Crippen molar-refractivity contribution in [2.24, 2.45) is 5.92 Å². The van der Waals surface area contributed by atoms with Gasteiger partial charge in [0.15, 0.2) is 5.82 Å². The Labute approximate surface area is 159 Å². The lowest BCUT2D eigenvalue weighted by molar-refractivity contribution is -0.121. The van der Waals surface area contributed by atoms with Crippen molar-refractivity contribution >= 4 is 17.7 Å². The minimum Gasteiger partial charge on any atom is -0.352 e. The Morgan fingerprint density at radius 2 is 2.04 bits per heavy atom. The van der Waals surface area contributed by atoms with E-state index in [0.29, 0.717) is 17.1 Å². The van der Waals surface area contributed by atoms with E-state index in [1.165, 1.54) is 36.6 Å². The minimum atomic E-state index is -0.213. The maximum Gasteiger partial charge on any atom is 0.233 e. The molecule has 0 aliphatic heterocycles. The van der Waals surface area contributed by atoms with Crippen LogP contribution in [0.1, 0.15) is 52.0 Å². The van der Waals surface area contributed by atoms with E-state index in [1.807, 2.05) is 19.1 Å². The number of aromatic nitrogens is 3. The van der Waals surface area contributed by atoms with Gasteiger partial charge < -0.3 is 5.32 Å². The van der Waals surface area contributed by atoms with Crippen LogP contribution in [0, 0.1) is 5.92 Å². The van der Waals surface area contributed by atoms with Crippen molar-refractivity contribution in [3.8, 4) is 11.4 Å². The third kappa shape index (κ3) is 4.67. The van der Waals surface area contributed by atoms with Crippen molar-refractivity contribution in [3.63, 3.8) is 0 Å². The molecule has 1 aliphatic rings. The zero-order valence-corrected chi connectivity index (χ0v) is 16.6. The van der Waals surface area contributed by atoms with Crippen LogP contribution in [-0.2, 0) is 11.2 Å². The highest BCUT2D eigenvalue weighted by Crippen LogP contribution is 2.26. The molecular formula is C20H28N4OS. The van der Waals surface area contributed by atoms with Crippen LogP contribution in [0.3, 0.4) is 0 Å². The van der Waals surface area contributed by atoms with Crippen LogP contribution >= 0.6 is 11.8 Å². The Bertz CT molecular complexity index is 728. The van der Waals surface area contributed by atoms with E-state index < -0.39 is 0 Å². The molecule has 0 spiro atoms. The molecule has 5 nitrogen and oxygen atoms in total. The molecule has 0 unspecified atom stereocenters. The lowest BCUT2D eigenvalue weighted by Crippen LogP contribution is -2.44. The molecule has 6 heteroatoms. The average Bonchev–Trinajstić information content (AvgIpc) is 3.12. The molecule has 2 aromatic rings. The number of aryl methyl sites for hydroxylation is 1. The minimum absolute atomic E-state index is 0.0763. The number of rotatable bonds is 6. The molecule has 1 amide bonds. The number of hydrogen-bond acceptors (Lipinski definition) is 4. The summed E-state index contributed by atoms with van der Waals surface area (Å²) in [6.07, 6.45) is 5.79. The number of benzene rings is 1. The second-order valence-corrected chi connectivity index (χ2v) is 8.46. The zero-order valence-electron chi connectivity index (χ0n) is 15.8. The quantitative estimate of drug-likeness (QED) is 0.745. The summed E-state index contributed by atoms with van der Waals surface area (Å²) in [6, 6.07) is 8.61. The number of aromatic amines is 1. The number of H-pyrrole nitrogens is 1. The van der Waals surface area contributed by atoms with E-state index in [1.54, 1.807) is 0 Å². The van der Waals surface area contributed by atoms with E-state index in [0.717, 1.165) is 24.2 Å². The standard InChI is InChI=1S/C20H28N4OS/c1-4-15-9-11-16(12-10-15)18-22-20(24-23-18)26-14(3)19(25)21-17-8-6-5-7-13(17)2/h9-14,17H,4-8H2,1-3H3,(H,21,25)(H,22,23,24)/t13-,14+,17+/m0/s1. The normalized spacial score (nSPS) is 21.3. The van der Waals surface area contributed by atoms with Gasteiger partial charge in [-0.3, -0.25) is 9.89 Å². The van der Waals surface area contributed by atoms with Crippen molar-refractivity contribution in [1.82, 2.24) is 20.5 Å². The molecule has 1 aromatic carbocycles. The Kier molecular flexibility index (Phi) is 6.35. The Hall–Kier alpha value is -1.82. The summed E-state index contributed by atoms with van der Waals surface area (Å²) < 4.78 is 0. The maximum absolute atomic E-state index is 12.5. The monoisotopic (exact) mass is 372 g/mol. The van der Waals surface area contributed by atoms with E-state index in [9.17, 15) is 4.79 Å². The zero-order chi connectivity index (χ0) is 18.5. The van der Waals surface area contributed by atoms with Gasteiger partial charge in [0.05, 0.1) is 5.25 Å². The third-order valence-electron chi connectivity index (χ3n) is 5.19. The van der Waals surface area contributed by atoms with Crippen molar-refractivity contribution in [2.45, 2.75) is 69.3 Å². The summed E-state index contributed by atoms with van der Waals surface area (Å²) >= 11 is 1.40. The Morgan fingerprint density at radius 1 is 1.31 bits per heavy atom. The van der Waals surface area contributed by atoms with Gasteiger partial charge in [0.2, 0.25) is 11.1 Å². The van der Waals surface area contributed by atoms with Crippen molar-refractivity contribution in [2.75, 3.05) is 0 Å². The van der Waals surface area contributed by atoms with Gasteiger partial charge in [0.25, 0.3) is 0 Å². The Balaban J connectivity index is 1.58. The fourth-order valence-electron chi connectivity index (χ4n) is 3.37. The smallest absolute Gasteiger partial charge is 0.233 e. The van der Waals surface area contributed by atoms with Gasteiger partial charge in [-0.05, 0) is 37.7 Å². The van der Waals surface area contributed by atoms with E-state index in [-0.39, 0.29) is 11.2 Å². The highest BCUT2D eigenvalue weighted by atomic mass is 32.2. The fourth-order valence-corrected chi connectivity index (χ4v) is 4.10. The first-order valence-electron chi connectivity index (χ1n) is 9.55. The molecule has 1 aliphatic carbocycles. The second-order valence-electron chi connectivity index (χ2n) is 7.15. The molecule has 1 fully saturated rings.